The van der Waals surface area contributed by atoms with Crippen molar-refractivity contribution in [2.45, 2.75) is 30.7 Å². The Labute approximate surface area is 252 Å². The van der Waals surface area contributed by atoms with Crippen molar-refractivity contribution in [3.63, 3.8) is 0 Å². The van der Waals surface area contributed by atoms with E-state index in [0.29, 0.717) is 0 Å². The number of carbonyl (C=O) groups is 4. The van der Waals surface area contributed by atoms with E-state index in [9.17, 15) is 24.3 Å². The van der Waals surface area contributed by atoms with Crippen LogP contribution in [0.2, 0.25) is 0 Å². The molecule has 1 aliphatic rings. The van der Waals surface area contributed by atoms with Gasteiger partial charge in [-0.05, 0) is 48.5 Å². The SMILES string of the molecule is O=C(OC[C@@H]1O[C@@H](O)[C@H](OC(=O)c2ccccc2)[C@@H](OC(=O)c2ccccc2)[C@H]1OC(=O)c1ccccc1)c1ccccc1. The molecule has 10 heteroatoms. The predicted molar refractivity (Wildman–Crippen MR) is 155 cm³/mol. The van der Waals surface area contributed by atoms with Crippen LogP contribution in [-0.4, -0.2) is 66.3 Å². The number of carbonyl (C=O) groups excluding carboxylic acids is 4. The van der Waals surface area contributed by atoms with E-state index in [1.54, 1.807) is 84.9 Å². The molecule has 224 valence electrons. The molecule has 0 unspecified atom stereocenters. The second-order valence-electron chi connectivity index (χ2n) is 9.74. The van der Waals surface area contributed by atoms with Crippen LogP contribution in [0.4, 0.5) is 0 Å². The van der Waals surface area contributed by atoms with E-state index in [1.165, 1.54) is 36.4 Å². The minimum absolute atomic E-state index is 0.154. The average Bonchev–Trinajstić information content (AvgIpc) is 3.07. The van der Waals surface area contributed by atoms with Gasteiger partial charge in [-0.15, -0.1) is 0 Å². The first-order valence-electron chi connectivity index (χ1n) is 13.7. The number of benzene rings is 4. The molecule has 0 aliphatic carbocycles. The van der Waals surface area contributed by atoms with Gasteiger partial charge in [0.1, 0.15) is 12.7 Å². The summed E-state index contributed by atoms with van der Waals surface area (Å²) in [5.74, 6) is -3.21. The van der Waals surface area contributed by atoms with Gasteiger partial charge in [-0.25, -0.2) is 19.2 Å². The fourth-order valence-electron chi connectivity index (χ4n) is 4.54. The van der Waals surface area contributed by atoms with Gasteiger partial charge >= 0.3 is 23.9 Å². The first-order chi connectivity index (χ1) is 21.4. The maximum atomic E-state index is 13.3. The lowest BCUT2D eigenvalue weighted by Gasteiger charge is -2.42. The van der Waals surface area contributed by atoms with Gasteiger partial charge in [0.2, 0.25) is 0 Å². The molecule has 5 atom stereocenters. The third kappa shape index (κ3) is 7.35. The van der Waals surface area contributed by atoms with Crippen LogP contribution in [0.5, 0.6) is 0 Å². The second-order valence-corrected chi connectivity index (χ2v) is 9.74. The summed E-state index contributed by atoms with van der Waals surface area (Å²) in [4.78, 5) is 52.3. The molecule has 1 heterocycles. The van der Waals surface area contributed by atoms with Gasteiger partial charge in [0.05, 0.1) is 22.3 Å². The summed E-state index contributed by atoms with van der Waals surface area (Å²) in [5, 5.41) is 11.1. The highest BCUT2D eigenvalue weighted by atomic mass is 16.7. The highest BCUT2D eigenvalue weighted by Gasteiger charge is 2.52. The Balaban J connectivity index is 1.48. The zero-order valence-electron chi connectivity index (χ0n) is 23.3. The molecule has 0 radical (unpaired) electrons. The first-order valence-corrected chi connectivity index (χ1v) is 13.7. The van der Waals surface area contributed by atoms with Crippen LogP contribution in [0.1, 0.15) is 41.4 Å². The minimum Gasteiger partial charge on any atom is -0.459 e. The average molecular weight is 597 g/mol. The molecule has 0 spiro atoms. The number of rotatable bonds is 9. The summed E-state index contributed by atoms with van der Waals surface area (Å²) in [5.41, 5.74) is 0.736. The Hall–Kier alpha value is -5.32. The number of hydrogen-bond donors (Lipinski definition) is 1. The van der Waals surface area contributed by atoms with Crippen molar-refractivity contribution in [2.24, 2.45) is 0 Å². The van der Waals surface area contributed by atoms with Crippen LogP contribution in [0.25, 0.3) is 0 Å². The van der Waals surface area contributed by atoms with Crippen LogP contribution in [0.3, 0.4) is 0 Å². The molecule has 10 nitrogen and oxygen atoms in total. The molecule has 1 fully saturated rings. The summed E-state index contributed by atoms with van der Waals surface area (Å²) in [6, 6.07) is 32.1. The van der Waals surface area contributed by atoms with Crippen molar-refractivity contribution in [3.05, 3.63) is 144 Å². The van der Waals surface area contributed by atoms with Crippen molar-refractivity contribution in [3.8, 4) is 0 Å². The van der Waals surface area contributed by atoms with Crippen molar-refractivity contribution >= 4 is 23.9 Å². The molecule has 0 bridgehead atoms. The van der Waals surface area contributed by atoms with Crippen molar-refractivity contribution in [2.75, 3.05) is 6.61 Å². The smallest absolute Gasteiger partial charge is 0.338 e. The third-order valence-electron chi connectivity index (χ3n) is 6.76. The maximum Gasteiger partial charge on any atom is 0.338 e. The molecular weight excluding hydrogens is 568 g/mol. The van der Waals surface area contributed by atoms with Gasteiger partial charge in [0.15, 0.2) is 24.6 Å². The molecule has 0 saturated carbocycles. The minimum atomic E-state index is -1.86. The Kier molecular flexibility index (Phi) is 9.75. The van der Waals surface area contributed by atoms with Crippen molar-refractivity contribution < 1.29 is 48.0 Å². The van der Waals surface area contributed by atoms with E-state index in [2.05, 4.69) is 0 Å². The van der Waals surface area contributed by atoms with E-state index in [1.807, 2.05) is 0 Å². The van der Waals surface area contributed by atoms with Crippen LogP contribution >= 0.6 is 0 Å². The largest absolute Gasteiger partial charge is 0.459 e. The summed E-state index contributed by atoms with van der Waals surface area (Å²) in [7, 11) is 0. The number of esters is 4. The Morgan fingerprint density at radius 3 is 1.25 bits per heavy atom. The van der Waals surface area contributed by atoms with Crippen LogP contribution in [-0.2, 0) is 23.7 Å². The first kappa shape index (κ1) is 30.1. The topological polar surface area (TPSA) is 135 Å². The molecule has 4 aromatic rings. The lowest BCUT2D eigenvalue weighted by Crippen LogP contribution is -2.62. The van der Waals surface area contributed by atoms with E-state index in [0.717, 1.165) is 0 Å². The quantitative estimate of drug-likeness (QED) is 0.221. The van der Waals surface area contributed by atoms with Crippen LogP contribution < -0.4 is 0 Å². The molecule has 1 N–H and O–H groups in total. The van der Waals surface area contributed by atoms with Gasteiger partial charge in [0.25, 0.3) is 0 Å². The molecule has 1 saturated heterocycles. The number of aliphatic hydroxyl groups excluding tert-OH is 1. The summed E-state index contributed by atoms with van der Waals surface area (Å²) >= 11 is 0. The van der Waals surface area contributed by atoms with E-state index >= 15 is 0 Å². The lowest BCUT2D eigenvalue weighted by atomic mass is 9.97. The molecule has 5 rings (SSSR count). The number of aliphatic hydroxyl groups is 1. The number of hydrogen-bond acceptors (Lipinski definition) is 10. The third-order valence-corrected chi connectivity index (χ3v) is 6.76. The molecule has 44 heavy (non-hydrogen) atoms. The van der Waals surface area contributed by atoms with Crippen LogP contribution in [0.15, 0.2) is 121 Å². The summed E-state index contributed by atoms with van der Waals surface area (Å²) in [6.07, 6.45) is -7.89. The van der Waals surface area contributed by atoms with Gasteiger partial charge in [0, 0.05) is 0 Å². The Morgan fingerprint density at radius 2 is 0.841 bits per heavy atom. The second kappa shape index (κ2) is 14.2. The molecular formula is C34H28O10. The molecule has 0 amide bonds. The highest BCUT2D eigenvalue weighted by Crippen LogP contribution is 2.30. The van der Waals surface area contributed by atoms with E-state index in [4.69, 9.17) is 23.7 Å². The van der Waals surface area contributed by atoms with Gasteiger partial charge in [-0.2, -0.15) is 0 Å². The standard InChI is InChI=1S/C34H28O10/c35-30(22-13-5-1-6-14-22)40-21-26-27(42-31(36)23-15-7-2-8-16-23)28(43-32(37)24-17-9-3-10-18-24)29(34(39)41-26)44-33(38)25-19-11-4-12-20-25/h1-20,26-29,34,39H,21H2/t26-,27-,28-,29+,34+/m0/s1. The van der Waals surface area contributed by atoms with Crippen molar-refractivity contribution in [1.29, 1.82) is 0 Å². The zero-order valence-corrected chi connectivity index (χ0v) is 23.3. The lowest BCUT2D eigenvalue weighted by molar-refractivity contribution is -0.284. The van der Waals surface area contributed by atoms with Crippen LogP contribution in [0, 0.1) is 0 Å². The monoisotopic (exact) mass is 596 g/mol. The Bertz CT molecular complexity index is 1560. The molecule has 1 aliphatic heterocycles. The fourth-order valence-corrected chi connectivity index (χ4v) is 4.54. The highest BCUT2D eigenvalue weighted by molar-refractivity contribution is 5.91. The van der Waals surface area contributed by atoms with Gasteiger partial charge in [-0.1, -0.05) is 72.8 Å². The summed E-state index contributed by atoms with van der Waals surface area (Å²) < 4.78 is 28.4. The normalized spacial score (nSPS) is 21.0. The zero-order chi connectivity index (χ0) is 30.9. The molecule has 0 aromatic heterocycles. The maximum absolute atomic E-state index is 13.3. The summed E-state index contributed by atoms with van der Waals surface area (Å²) in [6.45, 7) is -0.504. The fraction of sp³-hybridized carbons (Fsp3) is 0.176. The van der Waals surface area contributed by atoms with E-state index in [-0.39, 0.29) is 22.3 Å². The predicted octanol–water partition coefficient (Wildman–Crippen LogP) is 4.24. The number of ether oxygens (including phenoxy) is 5. The van der Waals surface area contributed by atoms with E-state index < -0.39 is 61.2 Å². The molecule has 4 aromatic carbocycles. The van der Waals surface area contributed by atoms with Crippen molar-refractivity contribution in [1.82, 2.24) is 0 Å². The van der Waals surface area contributed by atoms with Gasteiger partial charge in [-0.3, -0.25) is 0 Å². The van der Waals surface area contributed by atoms with Gasteiger partial charge < -0.3 is 28.8 Å². The Morgan fingerprint density at radius 1 is 0.500 bits per heavy atom.